The molecule has 0 unspecified atom stereocenters. The molecular weight excluding hydrogens is 198 g/mol. The molecule has 0 aliphatic rings. The van der Waals surface area contributed by atoms with Crippen molar-refractivity contribution in [3.63, 3.8) is 0 Å². The Labute approximate surface area is 87.5 Å². The van der Waals surface area contributed by atoms with Gasteiger partial charge in [-0.3, -0.25) is 0 Å². The van der Waals surface area contributed by atoms with Gasteiger partial charge >= 0.3 is 0 Å². The van der Waals surface area contributed by atoms with Crippen LogP contribution in [0.5, 0.6) is 0 Å². The lowest BCUT2D eigenvalue weighted by Crippen LogP contribution is -2.19. The lowest BCUT2D eigenvalue weighted by molar-refractivity contribution is 0.592. The summed E-state index contributed by atoms with van der Waals surface area (Å²) in [5, 5.41) is 3.17. The molecule has 0 aromatic heterocycles. The standard InChI is InChI=1S/C10H21NO2S/c1-4-14(12,13)9-5-7-11-8-6-10(2)3/h6,11H,4-5,7-9H2,1-3H3. The minimum Gasteiger partial charge on any atom is -0.313 e. The van der Waals surface area contributed by atoms with Crippen LogP contribution in [-0.2, 0) is 9.84 Å². The maximum Gasteiger partial charge on any atom is 0.150 e. The van der Waals surface area contributed by atoms with Gasteiger partial charge in [0.25, 0.3) is 0 Å². The largest absolute Gasteiger partial charge is 0.313 e. The molecule has 0 amide bonds. The molecule has 0 aromatic rings. The van der Waals surface area contributed by atoms with Crippen LogP contribution in [0, 0.1) is 0 Å². The molecule has 0 fully saturated rings. The summed E-state index contributed by atoms with van der Waals surface area (Å²) in [5.74, 6) is 0.548. The fraction of sp³-hybridized carbons (Fsp3) is 0.800. The van der Waals surface area contributed by atoms with E-state index in [2.05, 4.69) is 11.4 Å². The SMILES string of the molecule is CCS(=O)(=O)CCCNCC=C(C)C. The minimum atomic E-state index is -2.78. The highest BCUT2D eigenvalue weighted by Gasteiger charge is 2.05. The Balaban J connectivity index is 3.44. The zero-order valence-electron chi connectivity index (χ0n) is 9.34. The zero-order valence-corrected chi connectivity index (χ0v) is 10.2. The number of sulfone groups is 1. The van der Waals surface area contributed by atoms with E-state index in [0.29, 0.717) is 12.2 Å². The molecule has 0 aliphatic carbocycles. The van der Waals surface area contributed by atoms with Gasteiger partial charge in [0.1, 0.15) is 9.84 Å². The third kappa shape index (κ3) is 8.26. The summed E-state index contributed by atoms with van der Waals surface area (Å²) in [6.45, 7) is 7.37. The van der Waals surface area contributed by atoms with Gasteiger partial charge in [-0.25, -0.2) is 8.42 Å². The summed E-state index contributed by atoms with van der Waals surface area (Å²) >= 11 is 0. The Morgan fingerprint density at radius 2 is 2.00 bits per heavy atom. The maximum atomic E-state index is 11.1. The number of hydrogen-bond donors (Lipinski definition) is 1. The van der Waals surface area contributed by atoms with Gasteiger partial charge in [-0.15, -0.1) is 0 Å². The van der Waals surface area contributed by atoms with Crippen molar-refractivity contribution >= 4 is 9.84 Å². The number of allylic oxidation sites excluding steroid dienone is 1. The van der Waals surface area contributed by atoms with Crippen molar-refractivity contribution in [2.24, 2.45) is 0 Å². The molecule has 0 aromatic carbocycles. The van der Waals surface area contributed by atoms with Gasteiger partial charge < -0.3 is 5.32 Å². The molecule has 0 atom stereocenters. The van der Waals surface area contributed by atoms with E-state index in [4.69, 9.17) is 0 Å². The van der Waals surface area contributed by atoms with Gasteiger partial charge in [0.15, 0.2) is 0 Å². The van der Waals surface area contributed by atoms with Crippen molar-refractivity contribution in [1.82, 2.24) is 5.32 Å². The third-order valence-electron chi connectivity index (χ3n) is 1.90. The van der Waals surface area contributed by atoms with E-state index in [-0.39, 0.29) is 5.75 Å². The van der Waals surface area contributed by atoms with Crippen LogP contribution < -0.4 is 5.32 Å². The fourth-order valence-corrected chi connectivity index (χ4v) is 1.81. The maximum absolute atomic E-state index is 11.1. The summed E-state index contributed by atoms with van der Waals surface area (Å²) < 4.78 is 22.2. The van der Waals surface area contributed by atoms with E-state index in [9.17, 15) is 8.42 Å². The lowest BCUT2D eigenvalue weighted by atomic mass is 10.3. The van der Waals surface area contributed by atoms with Gasteiger partial charge in [-0.05, 0) is 26.8 Å². The second-order valence-electron chi connectivity index (χ2n) is 3.58. The lowest BCUT2D eigenvalue weighted by Gasteiger charge is -2.02. The fourth-order valence-electron chi connectivity index (χ4n) is 0.940. The van der Waals surface area contributed by atoms with Gasteiger partial charge in [0.05, 0.1) is 5.75 Å². The number of hydrogen-bond acceptors (Lipinski definition) is 3. The van der Waals surface area contributed by atoms with E-state index in [1.807, 2.05) is 13.8 Å². The van der Waals surface area contributed by atoms with Crippen LogP contribution in [0.25, 0.3) is 0 Å². The molecule has 0 heterocycles. The third-order valence-corrected chi connectivity index (χ3v) is 3.69. The van der Waals surface area contributed by atoms with Gasteiger partial charge in [-0.2, -0.15) is 0 Å². The van der Waals surface area contributed by atoms with Crippen molar-refractivity contribution < 1.29 is 8.42 Å². The van der Waals surface area contributed by atoms with Crippen LogP contribution in [0.1, 0.15) is 27.2 Å². The first-order valence-corrected chi connectivity index (χ1v) is 6.84. The molecular formula is C10H21NO2S. The van der Waals surface area contributed by atoms with Crippen LogP contribution in [0.4, 0.5) is 0 Å². The Morgan fingerprint density at radius 1 is 1.36 bits per heavy atom. The van der Waals surface area contributed by atoms with Crippen LogP contribution in [0.15, 0.2) is 11.6 Å². The zero-order chi connectivity index (χ0) is 11.0. The molecule has 0 spiro atoms. The van der Waals surface area contributed by atoms with Crippen LogP contribution >= 0.6 is 0 Å². The molecule has 0 radical (unpaired) electrons. The first-order valence-electron chi connectivity index (χ1n) is 5.02. The molecule has 4 heteroatoms. The van der Waals surface area contributed by atoms with Crippen LogP contribution in [0.2, 0.25) is 0 Å². The highest BCUT2D eigenvalue weighted by molar-refractivity contribution is 7.91. The van der Waals surface area contributed by atoms with Crippen molar-refractivity contribution in [3.05, 3.63) is 11.6 Å². The molecule has 14 heavy (non-hydrogen) atoms. The Bertz CT molecular complexity index is 264. The quantitative estimate of drug-likeness (QED) is 0.519. The summed E-state index contributed by atoms with van der Waals surface area (Å²) in [5.41, 5.74) is 1.28. The molecule has 84 valence electrons. The summed E-state index contributed by atoms with van der Waals surface area (Å²) in [6, 6.07) is 0. The average molecular weight is 219 g/mol. The molecule has 0 bridgehead atoms. The van der Waals surface area contributed by atoms with Crippen molar-refractivity contribution in [2.75, 3.05) is 24.6 Å². The van der Waals surface area contributed by atoms with Crippen molar-refractivity contribution in [3.8, 4) is 0 Å². The monoisotopic (exact) mass is 219 g/mol. The predicted molar refractivity (Wildman–Crippen MR) is 61.2 cm³/mol. The highest BCUT2D eigenvalue weighted by Crippen LogP contribution is 1.92. The van der Waals surface area contributed by atoms with Crippen molar-refractivity contribution in [1.29, 1.82) is 0 Å². The van der Waals surface area contributed by atoms with Crippen molar-refractivity contribution in [2.45, 2.75) is 27.2 Å². The number of rotatable bonds is 7. The second-order valence-corrected chi connectivity index (χ2v) is 6.05. The predicted octanol–water partition coefficient (Wildman–Crippen LogP) is 1.37. The molecule has 0 rings (SSSR count). The summed E-state index contributed by atoms with van der Waals surface area (Å²) in [7, 11) is -2.78. The minimum absolute atomic E-state index is 0.251. The van der Waals surface area contributed by atoms with Crippen LogP contribution in [0.3, 0.4) is 0 Å². The Hall–Kier alpha value is -0.350. The molecule has 1 N–H and O–H groups in total. The summed E-state index contributed by atoms with van der Waals surface area (Å²) in [6.07, 6.45) is 2.79. The van der Waals surface area contributed by atoms with Gasteiger partial charge in [0.2, 0.25) is 0 Å². The average Bonchev–Trinajstić information content (AvgIpc) is 2.10. The smallest absolute Gasteiger partial charge is 0.150 e. The van der Waals surface area contributed by atoms with Gasteiger partial charge in [-0.1, -0.05) is 18.6 Å². The molecule has 0 saturated carbocycles. The van der Waals surface area contributed by atoms with E-state index >= 15 is 0 Å². The highest BCUT2D eigenvalue weighted by atomic mass is 32.2. The molecule has 0 aliphatic heterocycles. The van der Waals surface area contributed by atoms with E-state index in [1.54, 1.807) is 6.92 Å². The first kappa shape index (κ1) is 13.7. The summed E-state index contributed by atoms with van der Waals surface area (Å²) in [4.78, 5) is 0. The molecule has 3 nitrogen and oxygen atoms in total. The van der Waals surface area contributed by atoms with E-state index in [0.717, 1.165) is 13.1 Å². The Morgan fingerprint density at radius 3 is 2.50 bits per heavy atom. The first-order chi connectivity index (χ1) is 6.48. The topological polar surface area (TPSA) is 46.2 Å². The Kier molecular flexibility index (Phi) is 6.83. The van der Waals surface area contributed by atoms with E-state index < -0.39 is 9.84 Å². The van der Waals surface area contributed by atoms with Gasteiger partial charge in [0, 0.05) is 12.3 Å². The van der Waals surface area contributed by atoms with Crippen LogP contribution in [-0.4, -0.2) is 33.0 Å². The van der Waals surface area contributed by atoms with E-state index in [1.165, 1.54) is 5.57 Å². The second kappa shape index (κ2) is 7.01. The number of nitrogens with one attached hydrogen (secondary N) is 1. The normalized spacial score (nSPS) is 11.4. The molecule has 0 saturated heterocycles.